The summed E-state index contributed by atoms with van der Waals surface area (Å²) in [5.41, 5.74) is 5.84. The fraction of sp³-hybridized carbons (Fsp3) is 0.385. The lowest BCUT2D eigenvalue weighted by atomic mass is 9.95. The van der Waals surface area contributed by atoms with Crippen LogP contribution in [-0.4, -0.2) is 30.4 Å². The Balaban J connectivity index is 0.000000654. The zero-order valence-corrected chi connectivity index (χ0v) is 20.5. The van der Waals surface area contributed by atoms with Gasteiger partial charge in [-0.25, -0.2) is 0 Å². The Labute approximate surface area is 192 Å². The summed E-state index contributed by atoms with van der Waals surface area (Å²) in [5, 5.41) is 2.80. The standard InChI is InChI=1S/C26H34N.H3O4P/c1-5-22-12-11-14-24(20-22)27(3,4)19-10-6-7-15-25-21(2)17-18-23-13-8-9-16-26(23)25;1-5(2,3)4/h8-9,11-14,16-18,20H,5-7,10,15,19H2,1-4H3;(H3,1,2,3,4)/q+1;/p-1. The minimum atomic E-state index is -4.89. The monoisotopic (exact) mass is 457 g/mol. The van der Waals surface area contributed by atoms with Gasteiger partial charge in [-0.2, -0.15) is 0 Å². The Kier molecular flexibility index (Phi) is 9.63. The van der Waals surface area contributed by atoms with Crippen molar-refractivity contribution < 1.29 is 19.2 Å². The number of hydrogen-bond donors (Lipinski definition) is 2. The van der Waals surface area contributed by atoms with Gasteiger partial charge in [-0.1, -0.05) is 55.5 Å². The number of aryl methyl sites for hydroxylation is 3. The van der Waals surface area contributed by atoms with Crippen LogP contribution in [0.3, 0.4) is 0 Å². The third-order valence-corrected chi connectivity index (χ3v) is 5.94. The van der Waals surface area contributed by atoms with Crippen LogP contribution in [0, 0.1) is 6.92 Å². The molecule has 6 heteroatoms. The molecule has 0 aliphatic carbocycles. The molecule has 0 aromatic heterocycles. The summed E-state index contributed by atoms with van der Waals surface area (Å²) in [4.78, 5) is 22.9. The third kappa shape index (κ3) is 8.50. The highest BCUT2D eigenvalue weighted by molar-refractivity contribution is 7.43. The Bertz CT molecular complexity index is 1050. The van der Waals surface area contributed by atoms with Gasteiger partial charge in [0.2, 0.25) is 0 Å². The molecule has 0 amide bonds. The lowest BCUT2D eigenvalue weighted by Gasteiger charge is -2.29. The first-order valence-electron chi connectivity index (χ1n) is 11.2. The maximum Gasteiger partial charge on any atom is 0.262 e. The van der Waals surface area contributed by atoms with Gasteiger partial charge in [-0.3, -0.25) is 9.05 Å². The van der Waals surface area contributed by atoms with Crippen molar-refractivity contribution in [2.24, 2.45) is 0 Å². The van der Waals surface area contributed by atoms with E-state index in [1.807, 2.05) is 0 Å². The molecule has 3 aromatic rings. The van der Waals surface area contributed by atoms with Crippen LogP contribution in [0.5, 0.6) is 0 Å². The molecular formula is C26H36NO4P. The molecule has 174 valence electrons. The molecule has 3 rings (SSSR count). The average Bonchev–Trinajstić information content (AvgIpc) is 2.73. The minimum absolute atomic E-state index is 0.973. The summed E-state index contributed by atoms with van der Waals surface area (Å²) in [6, 6.07) is 22.4. The second kappa shape index (κ2) is 11.7. The lowest BCUT2D eigenvalue weighted by Crippen LogP contribution is -2.41. The first-order chi connectivity index (χ1) is 15.0. The zero-order chi connectivity index (χ0) is 23.8. The van der Waals surface area contributed by atoms with Crippen LogP contribution >= 0.6 is 7.82 Å². The van der Waals surface area contributed by atoms with Gasteiger partial charge < -0.3 is 14.7 Å². The first-order valence-corrected chi connectivity index (χ1v) is 12.7. The number of fused-ring (bicyclic) bond motifs is 1. The van der Waals surface area contributed by atoms with Crippen molar-refractivity contribution in [2.45, 2.75) is 46.0 Å². The molecule has 0 atom stereocenters. The minimum Gasteiger partial charge on any atom is -0.756 e. The Hall–Kier alpha value is -2.01. The quantitative estimate of drug-likeness (QED) is 0.279. The van der Waals surface area contributed by atoms with E-state index in [-0.39, 0.29) is 0 Å². The van der Waals surface area contributed by atoms with Crippen LogP contribution in [0.1, 0.15) is 42.9 Å². The summed E-state index contributed by atoms with van der Waals surface area (Å²) < 4.78 is 9.74. The molecule has 32 heavy (non-hydrogen) atoms. The SMILES string of the molecule is CCc1cccc([N+](C)(C)CCCCCc2c(C)ccc3ccccc23)c1.O=P([O-])(O)O. The van der Waals surface area contributed by atoms with E-state index >= 15 is 0 Å². The van der Waals surface area contributed by atoms with Crippen molar-refractivity contribution in [1.29, 1.82) is 0 Å². The Morgan fingerprint density at radius 3 is 2.31 bits per heavy atom. The second-order valence-electron chi connectivity index (χ2n) is 8.82. The molecule has 0 aliphatic rings. The van der Waals surface area contributed by atoms with Gasteiger partial charge in [0.05, 0.1) is 20.6 Å². The molecule has 0 aliphatic heterocycles. The van der Waals surface area contributed by atoms with Crippen molar-refractivity contribution in [3.8, 4) is 0 Å². The van der Waals surface area contributed by atoms with Crippen LogP contribution in [0.15, 0.2) is 60.7 Å². The van der Waals surface area contributed by atoms with E-state index in [9.17, 15) is 0 Å². The van der Waals surface area contributed by atoms with E-state index < -0.39 is 7.82 Å². The Morgan fingerprint density at radius 1 is 0.938 bits per heavy atom. The predicted molar refractivity (Wildman–Crippen MR) is 133 cm³/mol. The zero-order valence-electron chi connectivity index (χ0n) is 19.6. The molecule has 0 spiro atoms. The number of hydrogen-bond acceptors (Lipinski definition) is 2. The highest BCUT2D eigenvalue weighted by atomic mass is 31.2. The predicted octanol–water partition coefficient (Wildman–Crippen LogP) is 5.13. The number of nitrogens with zero attached hydrogens (tertiary/aromatic N) is 1. The molecule has 2 N–H and O–H groups in total. The van der Waals surface area contributed by atoms with E-state index in [0.717, 1.165) is 10.9 Å². The largest absolute Gasteiger partial charge is 0.756 e. The van der Waals surface area contributed by atoms with Gasteiger partial charge in [0.1, 0.15) is 5.69 Å². The summed E-state index contributed by atoms with van der Waals surface area (Å²) >= 11 is 0. The van der Waals surface area contributed by atoms with Gasteiger partial charge in [0.25, 0.3) is 7.82 Å². The molecule has 0 bridgehead atoms. The van der Waals surface area contributed by atoms with E-state index in [2.05, 4.69) is 88.6 Å². The molecule has 0 saturated carbocycles. The van der Waals surface area contributed by atoms with E-state index in [1.54, 1.807) is 0 Å². The van der Waals surface area contributed by atoms with E-state index in [0.29, 0.717) is 0 Å². The molecular weight excluding hydrogens is 421 g/mol. The van der Waals surface area contributed by atoms with Gasteiger partial charge >= 0.3 is 0 Å². The number of phosphoric acid groups is 1. The number of unbranched alkanes of at least 4 members (excludes halogenated alkanes) is 2. The lowest BCUT2D eigenvalue weighted by molar-refractivity contribution is -0.214. The molecule has 0 heterocycles. The van der Waals surface area contributed by atoms with E-state index in [4.69, 9.17) is 19.2 Å². The van der Waals surface area contributed by atoms with Crippen LogP contribution in [0.4, 0.5) is 5.69 Å². The number of quaternary nitrogens is 1. The molecule has 0 saturated heterocycles. The third-order valence-electron chi connectivity index (χ3n) is 5.94. The molecule has 0 unspecified atom stereocenters. The topological polar surface area (TPSA) is 80.6 Å². The van der Waals surface area contributed by atoms with Crippen molar-refractivity contribution in [2.75, 3.05) is 20.6 Å². The molecule has 5 nitrogen and oxygen atoms in total. The average molecular weight is 458 g/mol. The summed E-state index contributed by atoms with van der Waals surface area (Å²) in [6.45, 7) is 5.68. The highest BCUT2D eigenvalue weighted by Gasteiger charge is 2.18. The van der Waals surface area contributed by atoms with Gasteiger partial charge in [0, 0.05) is 6.07 Å². The van der Waals surface area contributed by atoms with Crippen molar-refractivity contribution >= 4 is 24.3 Å². The van der Waals surface area contributed by atoms with Crippen LogP contribution < -0.4 is 9.38 Å². The fourth-order valence-electron chi connectivity index (χ4n) is 4.04. The van der Waals surface area contributed by atoms with Gasteiger partial charge in [-0.05, 0) is 72.6 Å². The number of rotatable bonds is 8. The van der Waals surface area contributed by atoms with Crippen LogP contribution in [-0.2, 0) is 17.4 Å². The highest BCUT2D eigenvalue weighted by Crippen LogP contribution is 2.25. The van der Waals surface area contributed by atoms with Crippen molar-refractivity contribution in [1.82, 2.24) is 4.48 Å². The molecule has 3 aromatic carbocycles. The molecule has 0 fully saturated rings. The summed E-state index contributed by atoms with van der Waals surface area (Å²) in [5.74, 6) is 0. The second-order valence-corrected chi connectivity index (χ2v) is 9.80. The maximum atomic E-state index is 8.77. The first kappa shape index (κ1) is 26.2. The normalized spacial score (nSPS) is 11.8. The van der Waals surface area contributed by atoms with Gasteiger partial charge in [0.15, 0.2) is 0 Å². The maximum absolute atomic E-state index is 8.77. The smallest absolute Gasteiger partial charge is 0.262 e. The van der Waals surface area contributed by atoms with Crippen molar-refractivity contribution in [3.63, 3.8) is 0 Å². The van der Waals surface area contributed by atoms with E-state index in [1.165, 1.54) is 65.4 Å². The summed E-state index contributed by atoms with van der Waals surface area (Å²) in [7, 11) is -0.215. The van der Waals surface area contributed by atoms with Gasteiger partial charge in [-0.15, -0.1) is 0 Å². The molecule has 0 radical (unpaired) electrons. The van der Waals surface area contributed by atoms with Crippen molar-refractivity contribution in [3.05, 3.63) is 77.4 Å². The van der Waals surface area contributed by atoms with Crippen LogP contribution in [0.2, 0.25) is 0 Å². The number of benzene rings is 3. The fourth-order valence-corrected chi connectivity index (χ4v) is 4.04. The van der Waals surface area contributed by atoms with Crippen LogP contribution in [0.25, 0.3) is 10.8 Å². The Morgan fingerprint density at radius 2 is 1.62 bits per heavy atom. The summed E-state index contributed by atoms with van der Waals surface area (Å²) in [6.07, 6.45) is 6.12.